The minimum Gasteiger partial charge on any atom is -0.459 e. The molecule has 49 heavy (non-hydrogen) atoms. The number of benzene rings is 7. The topological polar surface area (TPSA) is 18.1 Å². The molecule has 2 heterocycles. The maximum atomic E-state index is 6.91. The lowest BCUT2D eigenvalue weighted by atomic mass is 9.73. The van der Waals surface area contributed by atoms with Gasteiger partial charge in [-0.15, -0.1) is 0 Å². The largest absolute Gasteiger partial charge is 0.459 e. The molecule has 1 atom stereocenters. The van der Waals surface area contributed by atoms with Gasteiger partial charge in [0.05, 0.1) is 11.2 Å². The second kappa shape index (κ2) is 9.82. The molecular weight excluding hydrogens is 595 g/mol. The van der Waals surface area contributed by atoms with Crippen LogP contribution >= 0.6 is 0 Å². The number of furan rings is 1. The van der Waals surface area contributed by atoms with Gasteiger partial charge in [-0.2, -0.15) is 0 Å². The van der Waals surface area contributed by atoms with Crippen molar-refractivity contribution in [3.63, 3.8) is 0 Å². The lowest BCUT2D eigenvalue weighted by Crippen LogP contribution is -2.25. The average molecular weight is 624 g/mol. The Morgan fingerprint density at radius 3 is 1.94 bits per heavy atom. The van der Waals surface area contributed by atoms with E-state index in [-0.39, 0.29) is 0 Å². The van der Waals surface area contributed by atoms with Crippen LogP contribution in [-0.2, 0) is 5.41 Å². The Morgan fingerprint density at radius 2 is 1.08 bits per heavy atom. The quantitative estimate of drug-likeness (QED) is 0.191. The number of hydrogen-bond acceptors (Lipinski definition) is 1. The monoisotopic (exact) mass is 623 g/mol. The summed E-state index contributed by atoms with van der Waals surface area (Å²) in [5.74, 6) is 1.03. The Balaban J connectivity index is 1.15. The smallest absolute Gasteiger partial charge is 0.135 e. The molecule has 9 aromatic rings. The third-order valence-corrected chi connectivity index (χ3v) is 10.8. The van der Waals surface area contributed by atoms with Crippen LogP contribution in [0.1, 0.15) is 22.5 Å². The van der Waals surface area contributed by atoms with Crippen LogP contribution in [0.2, 0.25) is 0 Å². The summed E-state index contributed by atoms with van der Waals surface area (Å²) in [7, 11) is 0. The van der Waals surface area contributed by atoms with Crippen molar-refractivity contribution < 1.29 is 4.42 Å². The van der Waals surface area contributed by atoms with Crippen molar-refractivity contribution in [1.82, 2.24) is 4.57 Å². The number of nitrogens with zero attached hydrogens (tertiary/aromatic N) is 1. The first-order valence-electron chi connectivity index (χ1n) is 16.9. The molecule has 0 saturated carbocycles. The van der Waals surface area contributed by atoms with Crippen molar-refractivity contribution in [2.75, 3.05) is 0 Å². The number of fused-ring (bicyclic) bond motifs is 13. The van der Waals surface area contributed by atoms with Gasteiger partial charge >= 0.3 is 0 Å². The summed E-state index contributed by atoms with van der Waals surface area (Å²) >= 11 is 0. The zero-order valence-electron chi connectivity index (χ0n) is 26.6. The molecule has 1 unspecified atom stereocenters. The van der Waals surface area contributed by atoms with Crippen molar-refractivity contribution in [3.05, 3.63) is 198 Å². The normalized spacial score (nSPS) is 15.4. The lowest BCUT2D eigenvalue weighted by Gasteiger charge is -2.28. The zero-order valence-corrected chi connectivity index (χ0v) is 26.6. The second-order valence-electron chi connectivity index (χ2n) is 13.2. The highest BCUT2D eigenvalue weighted by atomic mass is 16.3. The summed E-state index contributed by atoms with van der Waals surface area (Å²) in [4.78, 5) is 0. The summed E-state index contributed by atoms with van der Waals surface area (Å²) in [6, 6.07) is 63.9. The van der Waals surface area contributed by atoms with E-state index in [0.717, 1.165) is 17.0 Å². The SMILES string of the molecule is c1ccc(-c2ccc(-n3c(-c4ccc5c(c4)-c4ccccc4C54c5ccccc5-c5c4oc4ccccc54)cc4ccccc43)cc2)cc1. The fourth-order valence-corrected chi connectivity index (χ4v) is 8.78. The summed E-state index contributed by atoms with van der Waals surface area (Å²) in [5.41, 5.74) is 16.4. The number of para-hydroxylation sites is 2. The Morgan fingerprint density at radius 1 is 0.449 bits per heavy atom. The fourth-order valence-electron chi connectivity index (χ4n) is 8.78. The molecule has 2 aliphatic carbocycles. The van der Waals surface area contributed by atoms with Crippen molar-refractivity contribution in [1.29, 1.82) is 0 Å². The summed E-state index contributed by atoms with van der Waals surface area (Å²) in [5, 5.41) is 2.39. The van der Waals surface area contributed by atoms with Crippen LogP contribution in [0.3, 0.4) is 0 Å². The fraction of sp³-hybridized carbons (Fsp3) is 0.0213. The van der Waals surface area contributed by atoms with E-state index in [1.165, 1.54) is 77.6 Å². The van der Waals surface area contributed by atoms with Gasteiger partial charge in [0, 0.05) is 22.0 Å². The average Bonchev–Trinajstić information content (AvgIpc) is 3.90. The maximum Gasteiger partial charge on any atom is 0.135 e. The molecule has 0 radical (unpaired) electrons. The van der Waals surface area contributed by atoms with Crippen molar-refractivity contribution in [3.8, 4) is 50.3 Å². The van der Waals surface area contributed by atoms with Crippen LogP contribution in [0.4, 0.5) is 0 Å². The Hall–Kier alpha value is -6.38. The van der Waals surface area contributed by atoms with Crippen LogP contribution in [0.5, 0.6) is 0 Å². The summed E-state index contributed by atoms with van der Waals surface area (Å²) in [6.45, 7) is 0. The van der Waals surface area contributed by atoms with Gasteiger partial charge in [0.15, 0.2) is 0 Å². The predicted octanol–water partition coefficient (Wildman–Crippen LogP) is 12.1. The Bertz CT molecular complexity index is 2760. The molecule has 2 nitrogen and oxygen atoms in total. The molecule has 0 saturated heterocycles. The zero-order chi connectivity index (χ0) is 32.1. The van der Waals surface area contributed by atoms with E-state index in [0.29, 0.717) is 0 Å². The van der Waals surface area contributed by atoms with Gasteiger partial charge in [0.2, 0.25) is 0 Å². The molecular formula is C47H29NO. The standard InChI is InChI=1S/C47H29NO/c1-2-12-30(13-3-1)31-22-25-34(26-23-31)48-42-20-10-4-14-32(42)29-43(48)33-24-27-41-38(28-33)35-15-5-8-18-39(35)47(41)40-19-9-6-16-36(40)45-37-17-7-11-21-44(37)49-46(45)47/h1-29H. The Kier molecular flexibility index (Phi) is 5.34. The van der Waals surface area contributed by atoms with Gasteiger partial charge in [-0.1, -0.05) is 140 Å². The van der Waals surface area contributed by atoms with E-state index in [4.69, 9.17) is 4.42 Å². The number of rotatable bonds is 3. The number of hydrogen-bond donors (Lipinski definition) is 0. The second-order valence-corrected chi connectivity index (χ2v) is 13.2. The van der Waals surface area contributed by atoms with Gasteiger partial charge in [0.1, 0.15) is 16.8 Å². The highest BCUT2D eigenvalue weighted by Gasteiger charge is 2.54. The molecule has 2 heteroatoms. The molecule has 2 aliphatic rings. The minimum atomic E-state index is -0.518. The highest BCUT2D eigenvalue weighted by Crippen LogP contribution is 2.64. The molecule has 7 aromatic carbocycles. The first-order chi connectivity index (χ1) is 24.3. The van der Waals surface area contributed by atoms with Crippen LogP contribution in [0, 0.1) is 0 Å². The highest BCUT2D eigenvalue weighted by molar-refractivity contribution is 6.05. The third kappa shape index (κ3) is 3.50. The molecule has 0 aliphatic heterocycles. The van der Waals surface area contributed by atoms with Crippen molar-refractivity contribution in [2.24, 2.45) is 0 Å². The molecule has 228 valence electrons. The van der Waals surface area contributed by atoms with E-state index in [2.05, 4.69) is 180 Å². The van der Waals surface area contributed by atoms with E-state index in [9.17, 15) is 0 Å². The summed E-state index contributed by atoms with van der Waals surface area (Å²) < 4.78 is 9.32. The predicted molar refractivity (Wildman–Crippen MR) is 200 cm³/mol. The van der Waals surface area contributed by atoms with Crippen LogP contribution in [-0.4, -0.2) is 4.57 Å². The van der Waals surface area contributed by atoms with Gasteiger partial charge in [-0.25, -0.2) is 0 Å². The lowest BCUT2D eigenvalue weighted by molar-refractivity contribution is 0.507. The van der Waals surface area contributed by atoms with E-state index in [1.807, 2.05) is 0 Å². The molecule has 0 fully saturated rings. The maximum absolute atomic E-state index is 6.91. The molecule has 0 amide bonds. The minimum absolute atomic E-state index is 0.518. The van der Waals surface area contributed by atoms with Gasteiger partial charge in [-0.3, -0.25) is 0 Å². The third-order valence-electron chi connectivity index (χ3n) is 10.8. The van der Waals surface area contributed by atoms with E-state index < -0.39 is 5.41 Å². The number of aromatic nitrogens is 1. The van der Waals surface area contributed by atoms with Crippen LogP contribution in [0.15, 0.2) is 180 Å². The van der Waals surface area contributed by atoms with Gasteiger partial charge in [0.25, 0.3) is 0 Å². The Labute approximate surface area is 284 Å². The van der Waals surface area contributed by atoms with E-state index in [1.54, 1.807) is 0 Å². The molecule has 0 N–H and O–H groups in total. The van der Waals surface area contributed by atoms with Crippen molar-refractivity contribution in [2.45, 2.75) is 5.41 Å². The van der Waals surface area contributed by atoms with Gasteiger partial charge < -0.3 is 8.98 Å². The first kappa shape index (κ1) is 26.7. The molecule has 11 rings (SSSR count). The molecule has 1 spiro atoms. The van der Waals surface area contributed by atoms with E-state index >= 15 is 0 Å². The molecule has 2 aromatic heterocycles. The first-order valence-corrected chi connectivity index (χ1v) is 16.9. The van der Waals surface area contributed by atoms with Crippen molar-refractivity contribution >= 4 is 21.9 Å². The summed E-state index contributed by atoms with van der Waals surface area (Å²) in [6.07, 6.45) is 0. The van der Waals surface area contributed by atoms with Crippen LogP contribution < -0.4 is 0 Å². The van der Waals surface area contributed by atoms with Gasteiger partial charge in [-0.05, 0) is 86.5 Å². The van der Waals surface area contributed by atoms with Crippen LogP contribution in [0.25, 0.3) is 72.2 Å². The molecule has 0 bridgehead atoms.